The molecule has 1 heterocycles. The van der Waals surface area contributed by atoms with Gasteiger partial charge < -0.3 is 4.74 Å². The Bertz CT molecular complexity index is 571. The highest BCUT2D eigenvalue weighted by Gasteiger charge is 2.05. The number of rotatable bonds is 3. The first-order chi connectivity index (χ1) is 8.20. The highest BCUT2D eigenvalue weighted by atomic mass is 79.9. The van der Waals surface area contributed by atoms with Crippen molar-refractivity contribution in [1.29, 1.82) is 5.26 Å². The first-order valence-electron chi connectivity index (χ1n) is 5.06. The predicted octanol–water partition coefficient (Wildman–Crippen LogP) is 4.27. The van der Waals surface area contributed by atoms with Crippen molar-refractivity contribution in [3.8, 4) is 11.8 Å². The third-order valence-corrected chi connectivity index (χ3v) is 4.27. The van der Waals surface area contributed by atoms with Gasteiger partial charge in [-0.05, 0) is 52.0 Å². The summed E-state index contributed by atoms with van der Waals surface area (Å²) in [5.74, 6) is 0.768. The zero-order chi connectivity index (χ0) is 12.3. The second-order valence-corrected chi connectivity index (χ2v) is 5.43. The topological polar surface area (TPSA) is 33.0 Å². The fourth-order valence-corrected chi connectivity index (χ4v) is 2.77. The average Bonchev–Trinajstić information content (AvgIpc) is 2.74. The number of halogens is 1. The van der Waals surface area contributed by atoms with E-state index in [1.54, 1.807) is 23.5 Å². The number of hydrogen-bond acceptors (Lipinski definition) is 3. The monoisotopic (exact) mass is 307 g/mol. The minimum absolute atomic E-state index is 0.522. The van der Waals surface area contributed by atoms with Crippen molar-refractivity contribution >= 4 is 27.3 Å². The minimum Gasteiger partial charge on any atom is -0.488 e. The smallest absolute Gasteiger partial charge is 0.124 e. The van der Waals surface area contributed by atoms with Gasteiger partial charge in [-0.1, -0.05) is 6.07 Å². The molecule has 0 amide bonds. The van der Waals surface area contributed by atoms with E-state index in [4.69, 9.17) is 10.00 Å². The molecule has 2 rings (SSSR count). The Morgan fingerprint density at radius 1 is 1.41 bits per heavy atom. The van der Waals surface area contributed by atoms with Crippen LogP contribution in [0.5, 0.6) is 5.75 Å². The Hall–Kier alpha value is -1.31. The lowest BCUT2D eigenvalue weighted by atomic mass is 10.1. The number of thiophene rings is 1. The van der Waals surface area contributed by atoms with Crippen molar-refractivity contribution in [2.24, 2.45) is 0 Å². The molecule has 0 radical (unpaired) electrons. The van der Waals surface area contributed by atoms with Crippen LogP contribution in [0.15, 0.2) is 34.1 Å². The van der Waals surface area contributed by atoms with Crippen molar-refractivity contribution in [2.75, 3.05) is 0 Å². The number of hydrogen-bond donors (Lipinski definition) is 0. The number of aryl methyl sites for hydroxylation is 1. The van der Waals surface area contributed by atoms with E-state index in [2.05, 4.69) is 22.0 Å². The lowest BCUT2D eigenvalue weighted by molar-refractivity contribution is 0.307. The zero-order valence-electron chi connectivity index (χ0n) is 9.24. The number of nitrogens with zero attached hydrogens (tertiary/aromatic N) is 1. The number of benzene rings is 1. The highest BCUT2D eigenvalue weighted by Crippen LogP contribution is 2.26. The van der Waals surface area contributed by atoms with Crippen molar-refractivity contribution in [1.82, 2.24) is 0 Å². The van der Waals surface area contributed by atoms with Crippen LogP contribution in [-0.4, -0.2) is 0 Å². The van der Waals surface area contributed by atoms with Gasteiger partial charge in [-0.15, -0.1) is 11.3 Å². The fourth-order valence-electron chi connectivity index (χ4n) is 1.40. The van der Waals surface area contributed by atoms with Gasteiger partial charge in [-0.25, -0.2) is 0 Å². The van der Waals surface area contributed by atoms with E-state index in [1.807, 2.05) is 24.4 Å². The Morgan fingerprint density at radius 3 is 2.88 bits per heavy atom. The molecule has 86 valence electrons. The van der Waals surface area contributed by atoms with Gasteiger partial charge in [-0.2, -0.15) is 5.26 Å². The predicted molar refractivity (Wildman–Crippen MR) is 72.2 cm³/mol. The standard InChI is InChI=1S/C13H10BrNOS/c1-9-2-3-10(7-15)6-12(9)16-8-13-11(14)4-5-17-13/h2-6H,8H2,1H3. The summed E-state index contributed by atoms with van der Waals surface area (Å²) < 4.78 is 6.80. The lowest BCUT2D eigenvalue weighted by Gasteiger charge is -2.08. The molecule has 0 aliphatic carbocycles. The summed E-state index contributed by atoms with van der Waals surface area (Å²) >= 11 is 5.11. The molecule has 0 bridgehead atoms. The van der Waals surface area contributed by atoms with E-state index in [0.29, 0.717) is 12.2 Å². The second kappa shape index (κ2) is 5.35. The van der Waals surface area contributed by atoms with Crippen LogP contribution in [0.1, 0.15) is 16.0 Å². The molecule has 0 aliphatic heterocycles. The van der Waals surface area contributed by atoms with Gasteiger partial charge in [0.05, 0.1) is 16.5 Å². The van der Waals surface area contributed by atoms with E-state index in [9.17, 15) is 0 Å². The van der Waals surface area contributed by atoms with E-state index in [1.165, 1.54) is 0 Å². The largest absolute Gasteiger partial charge is 0.488 e. The summed E-state index contributed by atoms with van der Waals surface area (Å²) in [6.07, 6.45) is 0. The molecule has 0 atom stereocenters. The molecule has 0 saturated carbocycles. The average molecular weight is 308 g/mol. The third kappa shape index (κ3) is 2.87. The van der Waals surface area contributed by atoms with Crippen LogP contribution in [0, 0.1) is 18.3 Å². The van der Waals surface area contributed by atoms with Crippen LogP contribution >= 0.6 is 27.3 Å². The number of ether oxygens (including phenoxy) is 1. The lowest BCUT2D eigenvalue weighted by Crippen LogP contribution is -1.96. The molecule has 2 aromatic rings. The quantitative estimate of drug-likeness (QED) is 0.848. The SMILES string of the molecule is Cc1ccc(C#N)cc1OCc1sccc1Br. The molecule has 0 spiro atoms. The first kappa shape index (κ1) is 12.2. The van der Waals surface area contributed by atoms with E-state index >= 15 is 0 Å². The summed E-state index contributed by atoms with van der Waals surface area (Å²) in [6, 6.07) is 9.58. The third-order valence-electron chi connectivity index (χ3n) is 2.37. The van der Waals surface area contributed by atoms with Crippen LogP contribution in [0.2, 0.25) is 0 Å². The Morgan fingerprint density at radius 2 is 2.24 bits per heavy atom. The van der Waals surface area contributed by atoms with Crippen molar-refractivity contribution in [3.63, 3.8) is 0 Å². The van der Waals surface area contributed by atoms with E-state index < -0.39 is 0 Å². The van der Waals surface area contributed by atoms with Gasteiger partial charge in [-0.3, -0.25) is 0 Å². The molecule has 0 fully saturated rings. The fraction of sp³-hybridized carbons (Fsp3) is 0.154. The molecule has 1 aromatic carbocycles. The van der Waals surface area contributed by atoms with Crippen molar-refractivity contribution in [2.45, 2.75) is 13.5 Å². The molecule has 17 heavy (non-hydrogen) atoms. The Kier molecular flexibility index (Phi) is 3.82. The maximum atomic E-state index is 8.84. The summed E-state index contributed by atoms with van der Waals surface area (Å²) in [4.78, 5) is 1.15. The van der Waals surface area contributed by atoms with Crippen LogP contribution in [-0.2, 0) is 6.61 Å². The van der Waals surface area contributed by atoms with Crippen LogP contribution in [0.4, 0.5) is 0 Å². The molecule has 0 N–H and O–H groups in total. The first-order valence-corrected chi connectivity index (χ1v) is 6.73. The van der Waals surface area contributed by atoms with Crippen molar-refractivity contribution in [3.05, 3.63) is 50.1 Å². The molecule has 0 unspecified atom stereocenters. The van der Waals surface area contributed by atoms with Gasteiger partial charge in [0, 0.05) is 4.47 Å². The molecule has 1 aromatic heterocycles. The molecule has 4 heteroatoms. The summed E-state index contributed by atoms with van der Waals surface area (Å²) in [5.41, 5.74) is 1.66. The van der Waals surface area contributed by atoms with E-state index in [0.717, 1.165) is 20.7 Å². The van der Waals surface area contributed by atoms with Gasteiger partial charge in [0.25, 0.3) is 0 Å². The molecular formula is C13H10BrNOS. The van der Waals surface area contributed by atoms with E-state index in [-0.39, 0.29) is 0 Å². The maximum absolute atomic E-state index is 8.84. The minimum atomic E-state index is 0.522. The summed E-state index contributed by atoms with van der Waals surface area (Å²) in [6.45, 7) is 2.49. The zero-order valence-corrected chi connectivity index (χ0v) is 11.6. The second-order valence-electron chi connectivity index (χ2n) is 3.57. The number of nitriles is 1. The summed E-state index contributed by atoms with van der Waals surface area (Å²) in [7, 11) is 0. The van der Waals surface area contributed by atoms with Gasteiger partial charge in [0.2, 0.25) is 0 Å². The molecule has 2 nitrogen and oxygen atoms in total. The van der Waals surface area contributed by atoms with Crippen molar-refractivity contribution < 1.29 is 4.74 Å². The van der Waals surface area contributed by atoms with Crippen LogP contribution in [0.3, 0.4) is 0 Å². The Balaban J connectivity index is 2.14. The van der Waals surface area contributed by atoms with Gasteiger partial charge >= 0.3 is 0 Å². The Labute approximate surface area is 113 Å². The van der Waals surface area contributed by atoms with Crippen LogP contribution in [0.25, 0.3) is 0 Å². The molecule has 0 aliphatic rings. The summed E-state index contributed by atoms with van der Waals surface area (Å²) in [5, 5.41) is 10.9. The highest BCUT2D eigenvalue weighted by molar-refractivity contribution is 9.10. The molecule has 0 saturated heterocycles. The normalized spacial score (nSPS) is 9.94. The van der Waals surface area contributed by atoms with Crippen LogP contribution < -0.4 is 4.74 Å². The maximum Gasteiger partial charge on any atom is 0.124 e. The van der Waals surface area contributed by atoms with Gasteiger partial charge in [0.1, 0.15) is 12.4 Å². The molecular weight excluding hydrogens is 298 g/mol. The van der Waals surface area contributed by atoms with Gasteiger partial charge in [0.15, 0.2) is 0 Å².